The van der Waals surface area contributed by atoms with Gasteiger partial charge in [0.05, 0.1) is 11.6 Å². The number of carbonyl (C=O) groups excluding carboxylic acids is 2. The van der Waals surface area contributed by atoms with Crippen LogP contribution < -0.4 is 0 Å². The lowest BCUT2D eigenvalue weighted by molar-refractivity contribution is -0.186. The maximum atomic E-state index is 11.0. The Kier molecular flexibility index (Phi) is 4.86. The normalized spacial score (nSPS) is 9.72. The molecule has 94 valence electrons. The molecule has 1 aromatic rings. The topological polar surface area (TPSA) is 76.4 Å². The van der Waals surface area contributed by atoms with E-state index >= 15 is 0 Å². The van der Waals surface area contributed by atoms with E-state index in [0.717, 1.165) is 0 Å². The van der Waals surface area contributed by atoms with Gasteiger partial charge in [-0.1, -0.05) is 15.9 Å². The zero-order valence-corrected chi connectivity index (χ0v) is 11.4. The molecular weight excluding hydrogens is 302 g/mol. The van der Waals surface area contributed by atoms with Gasteiger partial charge in [0.25, 0.3) is 6.29 Å². The third kappa shape index (κ3) is 3.86. The van der Waals surface area contributed by atoms with Crippen molar-refractivity contribution < 1.29 is 19.1 Å². The molecule has 1 rings (SSSR count). The van der Waals surface area contributed by atoms with Gasteiger partial charge < -0.3 is 9.47 Å². The van der Waals surface area contributed by atoms with Gasteiger partial charge in [-0.2, -0.15) is 5.26 Å². The summed E-state index contributed by atoms with van der Waals surface area (Å²) in [6.07, 6.45) is -1.16. The molecule has 1 aromatic carbocycles. The second kappa shape index (κ2) is 6.17. The molecule has 0 unspecified atom stereocenters. The van der Waals surface area contributed by atoms with Crippen molar-refractivity contribution in [2.24, 2.45) is 0 Å². The molecule has 0 fully saturated rings. The van der Waals surface area contributed by atoms with Gasteiger partial charge in [-0.3, -0.25) is 9.59 Å². The van der Waals surface area contributed by atoms with Crippen molar-refractivity contribution in [3.8, 4) is 6.07 Å². The number of hydrogen-bond donors (Lipinski definition) is 0. The number of carbonyl (C=O) groups is 2. The first kappa shape index (κ1) is 14.2. The molecule has 0 bridgehead atoms. The number of rotatable bonds is 3. The molecule has 0 heterocycles. The van der Waals surface area contributed by atoms with E-state index in [0.29, 0.717) is 15.6 Å². The molecule has 0 saturated carbocycles. The summed E-state index contributed by atoms with van der Waals surface area (Å²) in [5.41, 5.74) is 0.775. The van der Waals surface area contributed by atoms with Gasteiger partial charge in [-0.05, 0) is 18.2 Å². The number of hydrogen-bond acceptors (Lipinski definition) is 5. The van der Waals surface area contributed by atoms with Gasteiger partial charge in [0, 0.05) is 23.9 Å². The lowest BCUT2D eigenvalue weighted by atomic mass is 10.1. The second-order valence-corrected chi connectivity index (χ2v) is 4.25. The maximum Gasteiger partial charge on any atom is 0.305 e. The molecule has 6 heteroatoms. The van der Waals surface area contributed by atoms with Crippen LogP contribution in [-0.4, -0.2) is 11.9 Å². The summed E-state index contributed by atoms with van der Waals surface area (Å²) >= 11 is 3.25. The highest BCUT2D eigenvalue weighted by Gasteiger charge is 2.21. The summed E-state index contributed by atoms with van der Waals surface area (Å²) in [7, 11) is 0. The van der Waals surface area contributed by atoms with Crippen LogP contribution in [0.15, 0.2) is 22.7 Å². The van der Waals surface area contributed by atoms with Gasteiger partial charge in [0.1, 0.15) is 0 Å². The van der Waals surface area contributed by atoms with Gasteiger partial charge >= 0.3 is 11.9 Å². The third-order valence-electron chi connectivity index (χ3n) is 1.93. The molecule has 0 aliphatic carbocycles. The van der Waals surface area contributed by atoms with Gasteiger partial charge in [-0.25, -0.2) is 0 Å². The minimum absolute atomic E-state index is 0.373. The summed E-state index contributed by atoms with van der Waals surface area (Å²) in [6, 6.07) is 6.65. The van der Waals surface area contributed by atoms with Gasteiger partial charge in [0.2, 0.25) is 0 Å². The average Bonchev–Trinajstić information content (AvgIpc) is 2.27. The molecule has 0 radical (unpaired) electrons. The van der Waals surface area contributed by atoms with Crippen LogP contribution >= 0.6 is 15.9 Å². The lowest BCUT2D eigenvalue weighted by Crippen LogP contribution is -2.15. The Morgan fingerprint density at radius 2 is 1.83 bits per heavy atom. The first-order valence-electron chi connectivity index (χ1n) is 4.98. The molecule has 0 aromatic heterocycles. The fourth-order valence-corrected chi connectivity index (χ4v) is 1.68. The summed E-state index contributed by atoms with van der Waals surface area (Å²) in [5.74, 6) is -1.17. The number of benzene rings is 1. The van der Waals surface area contributed by atoms with Crippen molar-refractivity contribution in [3.05, 3.63) is 33.8 Å². The zero-order chi connectivity index (χ0) is 13.7. The van der Waals surface area contributed by atoms with Crippen LogP contribution in [0.5, 0.6) is 0 Å². The standard InChI is InChI=1S/C12H10BrNO4/c1-7(15)17-12(18-8(2)16)10-5-9(6-14)3-4-11(10)13/h3-5,12H,1-2H3. The van der Waals surface area contributed by atoms with Crippen molar-refractivity contribution in [1.29, 1.82) is 5.26 Å². The number of nitriles is 1. The molecule has 5 nitrogen and oxygen atoms in total. The minimum Gasteiger partial charge on any atom is -0.421 e. The Hall–Kier alpha value is -1.87. The number of nitrogens with zero attached hydrogens (tertiary/aromatic N) is 1. The van der Waals surface area contributed by atoms with Crippen molar-refractivity contribution in [2.75, 3.05) is 0 Å². The highest BCUT2D eigenvalue weighted by Crippen LogP contribution is 2.28. The maximum absolute atomic E-state index is 11.0. The quantitative estimate of drug-likeness (QED) is 0.633. The fourth-order valence-electron chi connectivity index (χ4n) is 1.25. The first-order chi connectivity index (χ1) is 8.43. The molecule has 0 spiro atoms. The molecule has 18 heavy (non-hydrogen) atoms. The largest absolute Gasteiger partial charge is 0.421 e. The molecular formula is C12H10BrNO4. The number of ether oxygens (including phenoxy) is 2. The van der Waals surface area contributed by atoms with E-state index in [1.54, 1.807) is 12.1 Å². The van der Waals surface area contributed by atoms with E-state index in [1.165, 1.54) is 19.9 Å². The fraction of sp³-hybridized carbons (Fsp3) is 0.250. The molecule has 0 aliphatic rings. The summed E-state index contributed by atoms with van der Waals surface area (Å²) < 4.78 is 10.4. The van der Waals surface area contributed by atoms with Crippen molar-refractivity contribution in [3.63, 3.8) is 0 Å². The van der Waals surface area contributed by atoms with Crippen LogP contribution in [0.1, 0.15) is 31.3 Å². The van der Waals surface area contributed by atoms with Crippen molar-refractivity contribution in [2.45, 2.75) is 20.1 Å². The van der Waals surface area contributed by atoms with E-state index < -0.39 is 18.2 Å². The number of halogens is 1. The SMILES string of the molecule is CC(=O)OC(OC(C)=O)c1cc(C#N)ccc1Br. The average molecular weight is 312 g/mol. The monoisotopic (exact) mass is 311 g/mol. The summed E-state index contributed by atoms with van der Waals surface area (Å²) in [6.45, 7) is 2.41. The predicted molar refractivity (Wildman–Crippen MR) is 65.1 cm³/mol. The van der Waals surface area contributed by atoms with E-state index in [-0.39, 0.29) is 0 Å². The minimum atomic E-state index is -1.16. The highest BCUT2D eigenvalue weighted by molar-refractivity contribution is 9.10. The Morgan fingerprint density at radius 3 is 2.28 bits per heavy atom. The van der Waals surface area contributed by atoms with E-state index in [2.05, 4.69) is 15.9 Å². The first-order valence-corrected chi connectivity index (χ1v) is 5.77. The van der Waals surface area contributed by atoms with E-state index in [9.17, 15) is 9.59 Å². The Morgan fingerprint density at radius 1 is 1.28 bits per heavy atom. The Labute approximate surface area is 112 Å². The van der Waals surface area contributed by atoms with Gasteiger partial charge in [-0.15, -0.1) is 0 Å². The third-order valence-corrected chi connectivity index (χ3v) is 2.65. The van der Waals surface area contributed by atoms with Crippen LogP contribution in [0.3, 0.4) is 0 Å². The molecule has 0 saturated heterocycles. The van der Waals surface area contributed by atoms with Crippen molar-refractivity contribution in [1.82, 2.24) is 0 Å². The smallest absolute Gasteiger partial charge is 0.305 e. The molecule has 0 amide bonds. The van der Waals surface area contributed by atoms with Crippen LogP contribution in [-0.2, 0) is 19.1 Å². The summed E-state index contributed by atoms with van der Waals surface area (Å²) in [5, 5.41) is 8.82. The Bertz CT molecular complexity index is 505. The molecule has 0 N–H and O–H groups in total. The van der Waals surface area contributed by atoms with Crippen LogP contribution in [0.2, 0.25) is 0 Å². The zero-order valence-electron chi connectivity index (χ0n) is 9.77. The number of esters is 2. The molecule has 0 aliphatic heterocycles. The lowest BCUT2D eigenvalue weighted by Gasteiger charge is -2.18. The summed E-state index contributed by atoms with van der Waals surface area (Å²) in [4.78, 5) is 22.0. The molecule has 0 atom stereocenters. The van der Waals surface area contributed by atoms with E-state index in [1.807, 2.05) is 6.07 Å². The Balaban J connectivity index is 3.14. The van der Waals surface area contributed by atoms with Crippen LogP contribution in [0.4, 0.5) is 0 Å². The highest BCUT2D eigenvalue weighted by atomic mass is 79.9. The van der Waals surface area contributed by atoms with E-state index in [4.69, 9.17) is 14.7 Å². The van der Waals surface area contributed by atoms with Gasteiger partial charge in [0.15, 0.2) is 0 Å². The van der Waals surface area contributed by atoms with Crippen molar-refractivity contribution >= 4 is 27.9 Å². The second-order valence-electron chi connectivity index (χ2n) is 3.40. The predicted octanol–water partition coefficient (Wildman–Crippen LogP) is 2.45. The van der Waals surface area contributed by atoms with Crippen LogP contribution in [0.25, 0.3) is 0 Å². The van der Waals surface area contributed by atoms with Crippen LogP contribution in [0, 0.1) is 11.3 Å².